The molecule has 1 aromatic rings. The van der Waals surface area contributed by atoms with Gasteiger partial charge in [0, 0.05) is 17.2 Å². The number of aryl methyl sites for hydroxylation is 1. The Morgan fingerprint density at radius 3 is 2.79 bits per heavy atom. The van der Waals surface area contributed by atoms with Crippen molar-refractivity contribution in [3.63, 3.8) is 0 Å². The number of carbonyl (C=O) groups excluding carboxylic acids is 1. The molecule has 1 aromatic heterocycles. The van der Waals surface area contributed by atoms with Gasteiger partial charge in [-0.05, 0) is 60.4 Å². The summed E-state index contributed by atoms with van der Waals surface area (Å²) in [5.41, 5.74) is 2.31. The summed E-state index contributed by atoms with van der Waals surface area (Å²) in [7, 11) is 1.46. The third-order valence-corrected chi connectivity index (χ3v) is 4.08. The van der Waals surface area contributed by atoms with Gasteiger partial charge in [0.2, 0.25) is 0 Å². The molecule has 4 nitrogen and oxygen atoms in total. The van der Waals surface area contributed by atoms with Crippen LogP contribution in [0.1, 0.15) is 24.1 Å². The topological polar surface area (TPSA) is 42.4 Å². The highest BCUT2D eigenvalue weighted by molar-refractivity contribution is 9.10. The fourth-order valence-electron chi connectivity index (χ4n) is 2.44. The molecule has 0 aliphatic carbocycles. The van der Waals surface area contributed by atoms with Gasteiger partial charge in [-0.2, -0.15) is 0 Å². The molecule has 2 rings (SSSR count). The molecule has 5 heteroatoms. The Morgan fingerprint density at radius 1 is 1.53 bits per heavy atom. The minimum absolute atomic E-state index is 0.0697. The van der Waals surface area contributed by atoms with Crippen LogP contribution in [0, 0.1) is 12.8 Å². The number of methoxy groups -OCH3 is 1. The quantitative estimate of drug-likeness (QED) is 0.800. The highest BCUT2D eigenvalue weighted by atomic mass is 79.9. The number of aromatic nitrogens is 1. The van der Waals surface area contributed by atoms with Gasteiger partial charge in [-0.3, -0.25) is 14.7 Å². The lowest BCUT2D eigenvalue weighted by Gasteiger charge is -2.30. The van der Waals surface area contributed by atoms with E-state index in [2.05, 4.69) is 38.8 Å². The fraction of sp³-hybridized carbons (Fsp3) is 0.571. The van der Waals surface area contributed by atoms with Crippen LogP contribution in [0.2, 0.25) is 0 Å². The van der Waals surface area contributed by atoms with E-state index in [1.807, 2.05) is 6.20 Å². The first kappa shape index (κ1) is 14.5. The second-order valence-corrected chi connectivity index (χ2v) is 5.91. The molecule has 19 heavy (non-hydrogen) atoms. The molecule has 0 spiro atoms. The molecule has 2 heterocycles. The van der Waals surface area contributed by atoms with Crippen LogP contribution in [-0.4, -0.2) is 36.1 Å². The molecule has 0 aromatic carbocycles. The fourth-order valence-corrected chi connectivity index (χ4v) is 2.89. The molecule has 104 valence electrons. The summed E-state index contributed by atoms with van der Waals surface area (Å²) in [6.07, 6.45) is 3.59. The lowest BCUT2D eigenvalue weighted by molar-refractivity contribution is -0.147. The summed E-state index contributed by atoms with van der Waals surface area (Å²) >= 11 is 3.43. The van der Waals surface area contributed by atoms with Gasteiger partial charge < -0.3 is 4.74 Å². The van der Waals surface area contributed by atoms with Gasteiger partial charge >= 0.3 is 5.97 Å². The number of nitrogens with zero attached hydrogens (tertiary/aromatic N) is 2. The smallest absolute Gasteiger partial charge is 0.308 e. The lowest BCUT2D eigenvalue weighted by Crippen LogP contribution is -2.36. The normalized spacial score (nSPS) is 17.4. The Labute approximate surface area is 122 Å². The molecular formula is C14H19BrN2O2. The molecular weight excluding hydrogens is 308 g/mol. The maximum Gasteiger partial charge on any atom is 0.308 e. The van der Waals surface area contributed by atoms with E-state index >= 15 is 0 Å². The minimum atomic E-state index is -0.0717. The lowest BCUT2D eigenvalue weighted by atomic mass is 9.97. The molecule has 1 saturated heterocycles. The monoisotopic (exact) mass is 326 g/mol. The van der Waals surface area contributed by atoms with Crippen molar-refractivity contribution in [1.82, 2.24) is 9.88 Å². The number of rotatable bonds is 3. The first-order chi connectivity index (χ1) is 9.10. The largest absolute Gasteiger partial charge is 0.469 e. The average molecular weight is 327 g/mol. The molecule has 0 saturated carbocycles. The Morgan fingerprint density at radius 2 is 2.21 bits per heavy atom. The molecule has 0 atom stereocenters. The van der Waals surface area contributed by atoms with Crippen LogP contribution in [0.25, 0.3) is 0 Å². The van der Waals surface area contributed by atoms with Gasteiger partial charge in [0.05, 0.1) is 18.7 Å². The molecule has 0 bridgehead atoms. The second-order valence-electron chi connectivity index (χ2n) is 4.99. The summed E-state index contributed by atoms with van der Waals surface area (Å²) in [6, 6.07) is 2.09. The summed E-state index contributed by atoms with van der Waals surface area (Å²) in [5.74, 6) is -0.00202. The Balaban J connectivity index is 1.90. The number of hydrogen-bond donors (Lipinski definition) is 0. The Kier molecular flexibility index (Phi) is 4.93. The maximum absolute atomic E-state index is 11.5. The van der Waals surface area contributed by atoms with E-state index in [1.165, 1.54) is 12.7 Å². The third kappa shape index (κ3) is 3.76. The van der Waals surface area contributed by atoms with Crippen LogP contribution in [0.15, 0.2) is 16.7 Å². The standard InChI is InChI=1S/C14H19BrN2O2/c1-10-7-12(15)8-16-13(10)9-17-5-3-11(4-6-17)14(18)19-2/h7-8,11H,3-6,9H2,1-2H3. The van der Waals surface area contributed by atoms with E-state index in [4.69, 9.17) is 4.74 Å². The van der Waals surface area contributed by atoms with Crippen molar-refractivity contribution in [2.45, 2.75) is 26.3 Å². The van der Waals surface area contributed by atoms with Crippen LogP contribution in [0.4, 0.5) is 0 Å². The zero-order chi connectivity index (χ0) is 13.8. The number of halogens is 1. The molecule has 1 fully saturated rings. The van der Waals surface area contributed by atoms with E-state index < -0.39 is 0 Å². The molecule has 0 radical (unpaired) electrons. The first-order valence-corrected chi connectivity index (χ1v) is 7.30. The Bertz CT molecular complexity index is 457. The van der Waals surface area contributed by atoms with Gasteiger partial charge in [-0.25, -0.2) is 0 Å². The summed E-state index contributed by atoms with van der Waals surface area (Å²) < 4.78 is 5.81. The number of ether oxygens (including phenoxy) is 1. The zero-order valence-corrected chi connectivity index (χ0v) is 12.9. The predicted octanol–water partition coefficient (Wildman–Crippen LogP) is 2.54. The first-order valence-electron chi connectivity index (χ1n) is 6.51. The number of carbonyl (C=O) groups is 1. The van der Waals surface area contributed by atoms with E-state index in [1.54, 1.807) is 0 Å². The summed E-state index contributed by atoms with van der Waals surface area (Å²) in [4.78, 5) is 18.3. The second kappa shape index (κ2) is 6.48. The van der Waals surface area contributed by atoms with Crippen molar-refractivity contribution in [2.75, 3.05) is 20.2 Å². The number of likely N-dealkylation sites (tertiary alicyclic amines) is 1. The van der Waals surface area contributed by atoms with Crippen molar-refractivity contribution < 1.29 is 9.53 Å². The van der Waals surface area contributed by atoms with Crippen molar-refractivity contribution >= 4 is 21.9 Å². The zero-order valence-electron chi connectivity index (χ0n) is 11.4. The van der Waals surface area contributed by atoms with Crippen molar-refractivity contribution in [2.24, 2.45) is 5.92 Å². The van der Waals surface area contributed by atoms with Crippen molar-refractivity contribution in [3.8, 4) is 0 Å². The molecule has 0 unspecified atom stereocenters. The van der Waals surface area contributed by atoms with Gasteiger partial charge in [0.1, 0.15) is 0 Å². The number of esters is 1. The highest BCUT2D eigenvalue weighted by Crippen LogP contribution is 2.21. The van der Waals surface area contributed by atoms with Crippen LogP contribution in [0.3, 0.4) is 0 Å². The van der Waals surface area contributed by atoms with Crippen LogP contribution in [0.5, 0.6) is 0 Å². The van der Waals surface area contributed by atoms with Crippen LogP contribution in [-0.2, 0) is 16.1 Å². The molecule has 1 aliphatic rings. The van der Waals surface area contributed by atoms with Crippen molar-refractivity contribution in [1.29, 1.82) is 0 Å². The number of pyridine rings is 1. The average Bonchev–Trinajstić information content (AvgIpc) is 2.42. The van der Waals surface area contributed by atoms with Crippen molar-refractivity contribution in [3.05, 3.63) is 28.0 Å². The molecule has 0 N–H and O–H groups in total. The summed E-state index contributed by atoms with van der Waals surface area (Å²) in [6.45, 7) is 4.79. The van der Waals surface area contributed by atoms with E-state index in [0.29, 0.717) is 0 Å². The van der Waals surface area contributed by atoms with E-state index in [-0.39, 0.29) is 11.9 Å². The van der Waals surface area contributed by atoms with Gasteiger partial charge in [-0.15, -0.1) is 0 Å². The number of hydrogen-bond acceptors (Lipinski definition) is 4. The van der Waals surface area contributed by atoms with Gasteiger partial charge in [-0.1, -0.05) is 0 Å². The Hall–Kier alpha value is -0.940. The van der Waals surface area contributed by atoms with E-state index in [9.17, 15) is 4.79 Å². The van der Waals surface area contributed by atoms with Gasteiger partial charge in [0.15, 0.2) is 0 Å². The minimum Gasteiger partial charge on any atom is -0.469 e. The molecule has 1 aliphatic heterocycles. The highest BCUT2D eigenvalue weighted by Gasteiger charge is 2.25. The SMILES string of the molecule is COC(=O)C1CCN(Cc2ncc(Br)cc2C)CC1. The third-order valence-electron chi connectivity index (χ3n) is 3.65. The predicted molar refractivity (Wildman–Crippen MR) is 76.7 cm³/mol. The van der Waals surface area contributed by atoms with Gasteiger partial charge in [0.25, 0.3) is 0 Å². The number of piperidine rings is 1. The maximum atomic E-state index is 11.5. The molecule has 0 amide bonds. The van der Waals surface area contributed by atoms with Crippen LogP contribution < -0.4 is 0 Å². The summed E-state index contributed by atoms with van der Waals surface area (Å²) in [5, 5.41) is 0. The van der Waals surface area contributed by atoms with E-state index in [0.717, 1.165) is 42.6 Å². The van der Waals surface area contributed by atoms with Crippen LogP contribution >= 0.6 is 15.9 Å².